The maximum absolute atomic E-state index is 11.8. The first kappa shape index (κ1) is 16.9. The fraction of sp³-hybridized carbons (Fsp3) is 0.0870. The Balaban J connectivity index is 2.11. The van der Waals surface area contributed by atoms with Crippen LogP contribution in [0, 0.1) is 0 Å². The first-order valence-corrected chi connectivity index (χ1v) is 8.61. The molecule has 0 radical (unpaired) electrons. The van der Waals surface area contributed by atoms with E-state index in [4.69, 9.17) is 4.74 Å². The normalized spacial score (nSPS) is 12.0. The maximum Gasteiger partial charge on any atom is 0.336 e. The highest BCUT2D eigenvalue weighted by Gasteiger charge is 2.23. The molecule has 0 saturated heterocycles. The Morgan fingerprint density at radius 3 is 2.48 bits per heavy atom. The molecular formula is C23H19NO3. The number of nitrogens with zero attached hydrogens (tertiary/aromatic N) is 1. The fourth-order valence-electron chi connectivity index (χ4n) is 3.38. The van der Waals surface area contributed by atoms with E-state index in [0.717, 1.165) is 27.3 Å². The molecule has 0 spiro atoms. The van der Waals surface area contributed by atoms with Gasteiger partial charge in [0.05, 0.1) is 5.56 Å². The summed E-state index contributed by atoms with van der Waals surface area (Å²) in [6, 6.07) is 18.8. The molecule has 3 aromatic carbocycles. The van der Waals surface area contributed by atoms with E-state index in [1.807, 2.05) is 67.5 Å². The SMILES string of the molecule is C=c1ccc2c(c1)Oc1cc(N(C)C)ccc1C=2c1ccccc1C(=O)O. The van der Waals surface area contributed by atoms with Crippen molar-refractivity contribution >= 4 is 23.8 Å². The van der Waals surface area contributed by atoms with Crippen molar-refractivity contribution in [2.75, 3.05) is 19.0 Å². The molecule has 1 heterocycles. The molecule has 3 aromatic rings. The van der Waals surface area contributed by atoms with E-state index in [-0.39, 0.29) is 5.56 Å². The van der Waals surface area contributed by atoms with Crippen LogP contribution in [0.15, 0.2) is 60.7 Å². The van der Waals surface area contributed by atoms with Crippen LogP contribution >= 0.6 is 0 Å². The molecule has 0 bridgehead atoms. The Bertz CT molecular complexity index is 1180. The molecule has 1 aliphatic heterocycles. The number of hydrogen-bond acceptors (Lipinski definition) is 3. The minimum absolute atomic E-state index is 0.265. The van der Waals surface area contributed by atoms with Crippen molar-refractivity contribution < 1.29 is 14.6 Å². The maximum atomic E-state index is 11.8. The second-order valence-corrected chi connectivity index (χ2v) is 6.73. The lowest BCUT2D eigenvalue weighted by atomic mass is 9.89. The van der Waals surface area contributed by atoms with E-state index in [0.29, 0.717) is 17.1 Å². The largest absolute Gasteiger partial charge is 0.478 e. The van der Waals surface area contributed by atoms with Crippen LogP contribution in [-0.2, 0) is 0 Å². The number of hydrogen-bond donors (Lipinski definition) is 1. The number of carbonyl (C=O) groups is 1. The number of benzene rings is 3. The zero-order valence-electron chi connectivity index (χ0n) is 15.2. The number of aromatic carboxylic acids is 1. The van der Waals surface area contributed by atoms with E-state index < -0.39 is 5.97 Å². The van der Waals surface area contributed by atoms with Gasteiger partial charge in [-0.2, -0.15) is 0 Å². The Morgan fingerprint density at radius 1 is 0.963 bits per heavy atom. The summed E-state index contributed by atoms with van der Waals surface area (Å²) < 4.78 is 6.17. The topological polar surface area (TPSA) is 49.8 Å². The lowest BCUT2D eigenvalue weighted by molar-refractivity contribution is 0.0696. The minimum Gasteiger partial charge on any atom is -0.478 e. The van der Waals surface area contributed by atoms with Gasteiger partial charge in [-0.3, -0.25) is 0 Å². The molecular weight excluding hydrogens is 338 g/mol. The third-order valence-corrected chi connectivity index (χ3v) is 4.71. The molecule has 0 saturated carbocycles. The average molecular weight is 357 g/mol. The lowest BCUT2D eigenvalue weighted by Gasteiger charge is -2.24. The van der Waals surface area contributed by atoms with Crippen molar-refractivity contribution in [2.24, 2.45) is 0 Å². The van der Waals surface area contributed by atoms with Gasteiger partial charge in [0.15, 0.2) is 0 Å². The number of fused-ring (bicyclic) bond motifs is 2. The van der Waals surface area contributed by atoms with Gasteiger partial charge < -0.3 is 14.7 Å². The third kappa shape index (κ3) is 2.85. The molecule has 4 nitrogen and oxygen atoms in total. The molecule has 0 aromatic heterocycles. The molecule has 1 aliphatic rings. The smallest absolute Gasteiger partial charge is 0.336 e. The highest BCUT2D eigenvalue weighted by Crippen LogP contribution is 2.38. The summed E-state index contributed by atoms with van der Waals surface area (Å²) in [5.74, 6) is 0.432. The lowest BCUT2D eigenvalue weighted by Crippen LogP contribution is -2.21. The number of carboxylic acids is 1. The van der Waals surface area contributed by atoms with Gasteiger partial charge in [0.25, 0.3) is 0 Å². The molecule has 4 rings (SSSR count). The molecule has 0 amide bonds. The van der Waals surface area contributed by atoms with Crippen LogP contribution in [0.3, 0.4) is 0 Å². The van der Waals surface area contributed by atoms with Gasteiger partial charge in [0, 0.05) is 42.2 Å². The zero-order valence-corrected chi connectivity index (χ0v) is 15.2. The zero-order chi connectivity index (χ0) is 19.1. The average Bonchev–Trinajstić information content (AvgIpc) is 2.65. The van der Waals surface area contributed by atoms with E-state index in [1.54, 1.807) is 12.1 Å². The molecule has 0 aliphatic carbocycles. The van der Waals surface area contributed by atoms with Gasteiger partial charge >= 0.3 is 5.97 Å². The molecule has 1 N–H and O–H groups in total. The monoisotopic (exact) mass is 357 g/mol. The molecule has 0 atom stereocenters. The second-order valence-electron chi connectivity index (χ2n) is 6.73. The van der Waals surface area contributed by atoms with Crippen LogP contribution in [0.25, 0.3) is 12.2 Å². The number of ether oxygens (including phenoxy) is 1. The number of anilines is 1. The van der Waals surface area contributed by atoms with Gasteiger partial charge in [-0.1, -0.05) is 36.9 Å². The summed E-state index contributed by atoms with van der Waals surface area (Å²) in [7, 11) is 3.94. The highest BCUT2D eigenvalue weighted by atomic mass is 16.5. The van der Waals surface area contributed by atoms with Gasteiger partial charge in [-0.05, 0) is 35.0 Å². The van der Waals surface area contributed by atoms with Crippen molar-refractivity contribution in [3.63, 3.8) is 0 Å². The van der Waals surface area contributed by atoms with Gasteiger partial charge in [-0.25, -0.2) is 4.79 Å². The van der Waals surface area contributed by atoms with Crippen molar-refractivity contribution in [1.29, 1.82) is 0 Å². The highest BCUT2D eigenvalue weighted by molar-refractivity contribution is 5.98. The predicted molar refractivity (Wildman–Crippen MR) is 107 cm³/mol. The fourth-order valence-corrected chi connectivity index (χ4v) is 3.38. The molecule has 0 unspecified atom stereocenters. The Morgan fingerprint density at radius 2 is 1.74 bits per heavy atom. The van der Waals surface area contributed by atoms with E-state index in [9.17, 15) is 9.90 Å². The van der Waals surface area contributed by atoms with Crippen LogP contribution in [-0.4, -0.2) is 25.2 Å². The molecule has 27 heavy (non-hydrogen) atoms. The van der Waals surface area contributed by atoms with E-state index >= 15 is 0 Å². The number of carboxylic acid groups (broad SMARTS) is 1. The van der Waals surface area contributed by atoms with Crippen LogP contribution in [0.2, 0.25) is 0 Å². The second kappa shape index (κ2) is 6.32. The first-order chi connectivity index (χ1) is 13.0. The quantitative estimate of drug-likeness (QED) is 0.612. The summed E-state index contributed by atoms with van der Waals surface area (Å²) in [6.07, 6.45) is 0. The van der Waals surface area contributed by atoms with E-state index in [1.165, 1.54) is 0 Å². The van der Waals surface area contributed by atoms with Crippen molar-refractivity contribution in [1.82, 2.24) is 0 Å². The Kier molecular flexibility index (Phi) is 3.96. The third-order valence-electron chi connectivity index (χ3n) is 4.71. The van der Waals surface area contributed by atoms with Crippen molar-refractivity contribution in [3.8, 4) is 11.5 Å². The van der Waals surface area contributed by atoms with Crippen molar-refractivity contribution in [3.05, 3.63) is 87.8 Å². The minimum atomic E-state index is -0.952. The summed E-state index contributed by atoms with van der Waals surface area (Å²) in [4.78, 5) is 13.8. The molecule has 0 fully saturated rings. The Labute approximate surface area is 157 Å². The standard InChI is InChI=1S/C23H19NO3/c1-14-8-10-18-20(12-14)27-21-13-15(24(2)3)9-11-19(21)22(18)16-6-4-5-7-17(16)23(25)26/h4-13H,1H2,2-3H3,(H,25,26). The summed E-state index contributed by atoms with van der Waals surface area (Å²) in [5, 5.41) is 11.4. The first-order valence-electron chi connectivity index (χ1n) is 8.61. The van der Waals surface area contributed by atoms with Crippen LogP contribution in [0.5, 0.6) is 11.5 Å². The summed E-state index contributed by atoms with van der Waals surface area (Å²) in [6.45, 7) is 3.98. The van der Waals surface area contributed by atoms with Gasteiger partial charge in [0.2, 0.25) is 0 Å². The Hall–Kier alpha value is -3.53. The number of rotatable bonds is 3. The van der Waals surface area contributed by atoms with Crippen LogP contribution in [0.1, 0.15) is 21.5 Å². The van der Waals surface area contributed by atoms with Crippen LogP contribution in [0.4, 0.5) is 5.69 Å². The predicted octanol–water partition coefficient (Wildman–Crippen LogP) is 3.21. The van der Waals surface area contributed by atoms with Crippen molar-refractivity contribution in [2.45, 2.75) is 0 Å². The molecule has 134 valence electrons. The summed E-state index contributed by atoms with van der Waals surface area (Å²) >= 11 is 0. The van der Waals surface area contributed by atoms with Gasteiger partial charge in [-0.15, -0.1) is 0 Å². The van der Waals surface area contributed by atoms with Crippen LogP contribution < -0.4 is 20.1 Å². The van der Waals surface area contributed by atoms with E-state index in [2.05, 4.69) is 6.58 Å². The summed E-state index contributed by atoms with van der Waals surface area (Å²) in [5.41, 5.74) is 3.67. The molecule has 4 heteroatoms. The van der Waals surface area contributed by atoms with Gasteiger partial charge in [0.1, 0.15) is 11.5 Å².